The Bertz CT molecular complexity index is 1120. The Labute approximate surface area is 187 Å². The molecule has 0 aliphatic carbocycles. The van der Waals surface area contributed by atoms with Gasteiger partial charge >= 0.3 is 0 Å². The van der Waals surface area contributed by atoms with Crippen LogP contribution in [0.1, 0.15) is 18.1 Å². The van der Waals surface area contributed by atoms with E-state index in [4.69, 9.17) is 15.2 Å². The highest BCUT2D eigenvalue weighted by molar-refractivity contribution is 8.18. The van der Waals surface area contributed by atoms with Gasteiger partial charge in [0.05, 0.1) is 22.0 Å². The van der Waals surface area contributed by atoms with E-state index in [0.29, 0.717) is 41.0 Å². The Kier molecular flexibility index (Phi) is 7.11. The van der Waals surface area contributed by atoms with Crippen molar-refractivity contribution >= 4 is 40.6 Å². The van der Waals surface area contributed by atoms with E-state index in [1.165, 1.54) is 12.1 Å². The van der Waals surface area contributed by atoms with Crippen LogP contribution >= 0.6 is 11.8 Å². The molecule has 0 unspecified atom stereocenters. The van der Waals surface area contributed by atoms with Crippen molar-refractivity contribution < 1.29 is 28.8 Å². The summed E-state index contributed by atoms with van der Waals surface area (Å²) in [7, 11) is 0. The number of thioether (sulfide) groups is 1. The molecule has 10 nitrogen and oxygen atoms in total. The largest absolute Gasteiger partial charge is 0.490 e. The number of nitro benzene ring substituents is 1. The molecule has 2 aromatic rings. The molecule has 0 bridgehead atoms. The number of rotatable bonds is 9. The monoisotopic (exact) mass is 457 g/mol. The standard InChI is InChI=1S/C21H19N3O7S/c1-2-30-17-9-13(10-18-20(26)23(11-19(22)25)21(27)32-18)7-8-16(17)31-12-14-5-3-4-6-15(14)24(28)29/h3-10H,2,11-12H2,1H3,(H2,22,25)/b18-10-. The van der Waals surface area contributed by atoms with Gasteiger partial charge in [-0.1, -0.05) is 18.2 Å². The van der Waals surface area contributed by atoms with Gasteiger partial charge in [0.25, 0.3) is 16.8 Å². The molecule has 1 fully saturated rings. The molecule has 0 radical (unpaired) electrons. The first kappa shape index (κ1) is 22.8. The third kappa shape index (κ3) is 5.24. The summed E-state index contributed by atoms with van der Waals surface area (Å²) in [4.78, 5) is 47.0. The molecule has 32 heavy (non-hydrogen) atoms. The Morgan fingerprint density at radius 1 is 1.19 bits per heavy atom. The van der Waals surface area contributed by atoms with Gasteiger partial charge in [-0.15, -0.1) is 0 Å². The second kappa shape index (κ2) is 9.96. The molecule has 1 saturated heterocycles. The molecule has 1 aliphatic heterocycles. The number of para-hydroxylation sites is 1. The summed E-state index contributed by atoms with van der Waals surface area (Å²) >= 11 is 0.709. The van der Waals surface area contributed by atoms with Gasteiger partial charge in [-0.3, -0.25) is 29.4 Å². The average molecular weight is 457 g/mol. The summed E-state index contributed by atoms with van der Waals surface area (Å²) < 4.78 is 11.4. The summed E-state index contributed by atoms with van der Waals surface area (Å²) in [5, 5.41) is 10.6. The molecular weight excluding hydrogens is 438 g/mol. The lowest BCUT2D eigenvalue weighted by molar-refractivity contribution is -0.385. The highest BCUT2D eigenvalue weighted by Gasteiger charge is 2.35. The maximum atomic E-state index is 12.4. The molecular formula is C21H19N3O7S. The van der Waals surface area contributed by atoms with E-state index in [0.717, 1.165) is 4.90 Å². The highest BCUT2D eigenvalue weighted by Crippen LogP contribution is 2.35. The fourth-order valence-electron chi connectivity index (χ4n) is 2.91. The number of nitrogens with zero attached hydrogens (tertiary/aromatic N) is 2. The second-order valence-corrected chi connectivity index (χ2v) is 7.54. The lowest BCUT2D eigenvalue weighted by Gasteiger charge is -2.13. The molecule has 3 amide bonds. The van der Waals surface area contributed by atoms with Crippen molar-refractivity contribution in [1.29, 1.82) is 0 Å². The van der Waals surface area contributed by atoms with Gasteiger partial charge in [0, 0.05) is 6.07 Å². The van der Waals surface area contributed by atoms with Crippen molar-refractivity contribution in [2.45, 2.75) is 13.5 Å². The van der Waals surface area contributed by atoms with Crippen LogP contribution in [-0.2, 0) is 16.2 Å². The van der Waals surface area contributed by atoms with E-state index in [2.05, 4.69) is 0 Å². The first-order chi connectivity index (χ1) is 15.3. The van der Waals surface area contributed by atoms with Crippen molar-refractivity contribution in [3.63, 3.8) is 0 Å². The minimum atomic E-state index is -0.785. The number of imide groups is 1. The van der Waals surface area contributed by atoms with Crippen LogP contribution in [0, 0.1) is 10.1 Å². The van der Waals surface area contributed by atoms with Crippen LogP contribution in [-0.4, -0.2) is 40.0 Å². The van der Waals surface area contributed by atoms with Crippen molar-refractivity contribution in [3.8, 4) is 11.5 Å². The van der Waals surface area contributed by atoms with Crippen molar-refractivity contribution in [2.24, 2.45) is 5.73 Å². The van der Waals surface area contributed by atoms with Gasteiger partial charge in [-0.25, -0.2) is 0 Å². The van der Waals surface area contributed by atoms with E-state index in [-0.39, 0.29) is 17.2 Å². The molecule has 2 N–H and O–H groups in total. The van der Waals surface area contributed by atoms with Crippen molar-refractivity contribution in [1.82, 2.24) is 4.90 Å². The number of hydrogen-bond donors (Lipinski definition) is 1. The van der Waals surface area contributed by atoms with Gasteiger partial charge < -0.3 is 15.2 Å². The summed E-state index contributed by atoms with van der Waals surface area (Å²) in [6, 6.07) is 11.2. The molecule has 0 spiro atoms. The minimum absolute atomic E-state index is 0.0391. The van der Waals surface area contributed by atoms with Gasteiger partial charge in [0.1, 0.15) is 13.2 Å². The van der Waals surface area contributed by atoms with Crippen LogP contribution in [0.3, 0.4) is 0 Å². The Morgan fingerprint density at radius 2 is 1.94 bits per heavy atom. The quantitative estimate of drug-likeness (QED) is 0.344. The van der Waals surface area contributed by atoms with Crippen LogP contribution in [0.4, 0.5) is 10.5 Å². The molecule has 0 aromatic heterocycles. The van der Waals surface area contributed by atoms with E-state index in [1.807, 2.05) is 0 Å². The molecule has 0 atom stereocenters. The maximum absolute atomic E-state index is 12.4. The van der Waals surface area contributed by atoms with Gasteiger partial charge in [-0.2, -0.15) is 0 Å². The third-order valence-electron chi connectivity index (χ3n) is 4.32. The zero-order valence-electron chi connectivity index (χ0n) is 17.0. The smallest absolute Gasteiger partial charge is 0.294 e. The van der Waals surface area contributed by atoms with Crippen LogP contribution in [0.5, 0.6) is 11.5 Å². The lowest BCUT2D eigenvalue weighted by Crippen LogP contribution is -2.36. The van der Waals surface area contributed by atoms with Crippen molar-refractivity contribution in [2.75, 3.05) is 13.2 Å². The average Bonchev–Trinajstić information content (AvgIpc) is 3.00. The molecule has 11 heteroatoms. The predicted molar refractivity (Wildman–Crippen MR) is 117 cm³/mol. The number of benzene rings is 2. The SMILES string of the molecule is CCOc1cc(/C=C2\SC(=O)N(CC(N)=O)C2=O)ccc1OCc1ccccc1[N+](=O)[O-]. The van der Waals surface area contributed by atoms with E-state index in [1.54, 1.807) is 43.3 Å². The predicted octanol–water partition coefficient (Wildman–Crippen LogP) is 3.09. The zero-order chi connectivity index (χ0) is 23.3. The van der Waals surface area contributed by atoms with E-state index >= 15 is 0 Å². The van der Waals surface area contributed by atoms with Crippen LogP contribution < -0.4 is 15.2 Å². The number of carbonyl (C=O) groups excluding carboxylic acids is 3. The van der Waals surface area contributed by atoms with Gasteiger partial charge in [0.15, 0.2) is 11.5 Å². The van der Waals surface area contributed by atoms with Gasteiger partial charge in [-0.05, 0) is 48.5 Å². The number of nitrogens with two attached hydrogens (primary N) is 1. The second-order valence-electron chi connectivity index (χ2n) is 6.55. The molecule has 3 rings (SSSR count). The molecule has 1 heterocycles. The summed E-state index contributed by atoms with van der Waals surface area (Å²) in [5.41, 5.74) is 6.01. The first-order valence-corrected chi connectivity index (χ1v) is 10.3. The Morgan fingerprint density at radius 3 is 2.62 bits per heavy atom. The van der Waals surface area contributed by atoms with Crippen LogP contribution in [0.2, 0.25) is 0 Å². The Hall–Kier alpha value is -3.86. The highest BCUT2D eigenvalue weighted by atomic mass is 32.2. The number of carbonyl (C=O) groups is 3. The fraction of sp³-hybridized carbons (Fsp3) is 0.190. The summed E-state index contributed by atoms with van der Waals surface area (Å²) in [6.45, 7) is 1.60. The first-order valence-electron chi connectivity index (χ1n) is 9.45. The number of amides is 3. The van der Waals surface area contributed by atoms with E-state index < -0.39 is 28.5 Å². The number of primary amides is 1. The fourth-order valence-corrected chi connectivity index (χ4v) is 3.75. The molecule has 1 aliphatic rings. The topological polar surface area (TPSA) is 142 Å². The third-order valence-corrected chi connectivity index (χ3v) is 5.23. The summed E-state index contributed by atoms with van der Waals surface area (Å²) in [6.07, 6.45) is 1.50. The van der Waals surface area contributed by atoms with Gasteiger partial charge in [0.2, 0.25) is 5.91 Å². The number of nitro groups is 1. The minimum Gasteiger partial charge on any atom is -0.490 e. The molecule has 166 valence electrons. The summed E-state index contributed by atoms with van der Waals surface area (Å²) in [5.74, 6) is -0.652. The molecule has 0 saturated carbocycles. The van der Waals surface area contributed by atoms with Crippen molar-refractivity contribution in [3.05, 3.63) is 68.6 Å². The normalized spacial score (nSPS) is 14.7. The lowest BCUT2D eigenvalue weighted by atomic mass is 10.1. The van der Waals surface area contributed by atoms with E-state index in [9.17, 15) is 24.5 Å². The molecule has 2 aromatic carbocycles. The number of hydrogen-bond acceptors (Lipinski definition) is 8. The zero-order valence-corrected chi connectivity index (χ0v) is 17.8. The number of ether oxygens (including phenoxy) is 2. The maximum Gasteiger partial charge on any atom is 0.294 e. The van der Waals surface area contributed by atoms with Crippen LogP contribution in [0.25, 0.3) is 6.08 Å². The Balaban J connectivity index is 1.82. The van der Waals surface area contributed by atoms with Crippen LogP contribution in [0.15, 0.2) is 47.4 Å².